The van der Waals surface area contributed by atoms with Gasteiger partial charge in [0.2, 0.25) is 10.0 Å². The lowest BCUT2D eigenvalue weighted by Gasteiger charge is -2.14. The summed E-state index contributed by atoms with van der Waals surface area (Å²) < 4.78 is 34.7. The van der Waals surface area contributed by atoms with E-state index < -0.39 is 28.0 Å². The summed E-state index contributed by atoms with van der Waals surface area (Å²) in [6.07, 6.45) is -0.0630. The summed E-state index contributed by atoms with van der Waals surface area (Å²) in [5.74, 6) is 0.710. The number of rotatable bonds is 6. The number of carbonyl (C=O) groups is 2. The highest BCUT2D eigenvalue weighted by Gasteiger charge is 2.31. The van der Waals surface area contributed by atoms with Crippen molar-refractivity contribution in [3.05, 3.63) is 48.0 Å². The number of sulfonamides is 1. The lowest BCUT2D eigenvalue weighted by atomic mass is 10.1. The third-order valence-corrected chi connectivity index (χ3v) is 4.93. The molecule has 0 aromatic heterocycles. The second-order valence-corrected chi connectivity index (χ2v) is 7.32. The van der Waals surface area contributed by atoms with Crippen molar-refractivity contribution in [1.29, 1.82) is 0 Å². The van der Waals surface area contributed by atoms with Gasteiger partial charge in [-0.2, -0.15) is 0 Å². The molecule has 1 saturated heterocycles. The number of hydrogen-bond acceptors (Lipinski definition) is 6. The maximum atomic E-state index is 11.9. The fourth-order valence-corrected chi connectivity index (χ4v) is 3.47. The van der Waals surface area contributed by atoms with Crippen LogP contribution in [-0.2, 0) is 21.2 Å². The molecular weight excluding hydrogens is 374 g/mol. The molecule has 27 heavy (non-hydrogen) atoms. The molecule has 0 aliphatic carbocycles. The predicted molar refractivity (Wildman–Crippen MR) is 95.0 cm³/mol. The van der Waals surface area contributed by atoms with Crippen LogP contribution in [-0.4, -0.2) is 33.5 Å². The van der Waals surface area contributed by atoms with Gasteiger partial charge in [0.1, 0.15) is 11.8 Å². The molecule has 9 nitrogen and oxygen atoms in total. The van der Waals surface area contributed by atoms with Gasteiger partial charge in [-0.3, -0.25) is 10.1 Å². The van der Waals surface area contributed by atoms with Crippen LogP contribution >= 0.6 is 0 Å². The van der Waals surface area contributed by atoms with Gasteiger partial charge in [-0.05, 0) is 35.9 Å². The minimum Gasteiger partial charge on any atom is -0.493 e. The molecule has 1 atom stereocenters. The Kier molecular flexibility index (Phi) is 5.02. The van der Waals surface area contributed by atoms with Gasteiger partial charge >= 0.3 is 6.03 Å². The van der Waals surface area contributed by atoms with Crippen molar-refractivity contribution in [2.24, 2.45) is 5.14 Å². The SMILES string of the molecule is COc1ccccc1Oc1ccc(S(N)(=O)=O)c(CC2NC(=O)NC2=O)c1. The van der Waals surface area contributed by atoms with Crippen molar-refractivity contribution in [1.82, 2.24) is 10.6 Å². The fourth-order valence-electron chi connectivity index (χ4n) is 2.71. The Morgan fingerprint density at radius 3 is 2.41 bits per heavy atom. The molecular formula is C17H17N3O6S. The maximum absolute atomic E-state index is 11.9. The summed E-state index contributed by atoms with van der Waals surface area (Å²) in [6, 6.07) is 9.61. The van der Waals surface area contributed by atoms with Gasteiger partial charge in [-0.25, -0.2) is 18.4 Å². The lowest BCUT2D eigenvalue weighted by Crippen LogP contribution is -2.32. The van der Waals surface area contributed by atoms with E-state index >= 15 is 0 Å². The lowest BCUT2D eigenvalue weighted by molar-refractivity contribution is -0.120. The van der Waals surface area contributed by atoms with Crippen molar-refractivity contribution in [3.8, 4) is 17.2 Å². The molecule has 3 amide bonds. The number of carbonyl (C=O) groups excluding carboxylic acids is 2. The van der Waals surface area contributed by atoms with Gasteiger partial charge in [-0.1, -0.05) is 12.1 Å². The number of nitrogens with two attached hydrogens (primary N) is 1. The summed E-state index contributed by atoms with van der Waals surface area (Å²) in [4.78, 5) is 22.9. The van der Waals surface area contributed by atoms with Gasteiger partial charge in [-0.15, -0.1) is 0 Å². The molecule has 1 aliphatic rings. The first kappa shape index (κ1) is 18.7. The Bertz CT molecular complexity index is 1010. The molecule has 4 N–H and O–H groups in total. The first-order chi connectivity index (χ1) is 12.8. The fraction of sp³-hybridized carbons (Fsp3) is 0.176. The maximum Gasteiger partial charge on any atom is 0.322 e. The van der Waals surface area contributed by atoms with Gasteiger partial charge in [0.15, 0.2) is 11.5 Å². The normalized spacial score (nSPS) is 16.6. The molecule has 0 radical (unpaired) electrons. The molecule has 1 unspecified atom stereocenters. The van der Waals surface area contributed by atoms with Crippen LogP contribution in [0.2, 0.25) is 0 Å². The van der Waals surface area contributed by atoms with Gasteiger partial charge in [0.25, 0.3) is 5.91 Å². The molecule has 0 spiro atoms. The Morgan fingerprint density at radius 2 is 1.81 bits per heavy atom. The van der Waals surface area contributed by atoms with E-state index in [1.165, 1.54) is 25.3 Å². The number of methoxy groups -OCH3 is 1. The number of benzene rings is 2. The number of hydrogen-bond donors (Lipinski definition) is 3. The second-order valence-electron chi connectivity index (χ2n) is 5.79. The standard InChI is InChI=1S/C17H17N3O6S/c1-25-13-4-2-3-5-14(13)26-11-6-7-15(27(18,23)24)10(8-11)9-12-16(21)20-17(22)19-12/h2-8,12H,9H2,1H3,(H2,18,23,24)(H2,19,20,21,22). The van der Waals surface area contributed by atoms with E-state index in [9.17, 15) is 18.0 Å². The smallest absolute Gasteiger partial charge is 0.322 e. The molecule has 1 fully saturated rings. The number of ether oxygens (including phenoxy) is 2. The van der Waals surface area contributed by atoms with E-state index in [1.54, 1.807) is 24.3 Å². The van der Waals surface area contributed by atoms with Crippen molar-refractivity contribution in [3.63, 3.8) is 0 Å². The van der Waals surface area contributed by atoms with Crippen LogP contribution in [0.5, 0.6) is 17.2 Å². The minimum absolute atomic E-state index is 0.0630. The summed E-state index contributed by atoms with van der Waals surface area (Å²) >= 11 is 0. The molecule has 3 rings (SSSR count). The molecule has 0 saturated carbocycles. The van der Waals surface area contributed by atoms with Crippen molar-refractivity contribution < 1.29 is 27.5 Å². The number of amides is 3. The third kappa shape index (κ3) is 4.18. The third-order valence-electron chi connectivity index (χ3n) is 3.92. The number of primary sulfonamides is 1. The number of urea groups is 1. The van der Waals surface area contributed by atoms with Crippen LogP contribution in [0.1, 0.15) is 5.56 Å². The van der Waals surface area contributed by atoms with Crippen molar-refractivity contribution >= 4 is 22.0 Å². The van der Waals surface area contributed by atoms with E-state index in [4.69, 9.17) is 14.6 Å². The highest BCUT2D eigenvalue weighted by molar-refractivity contribution is 7.89. The van der Waals surface area contributed by atoms with Crippen LogP contribution in [0, 0.1) is 0 Å². The molecule has 10 heteroatoms. The van der Waals surface area contributed by atoms with Crippen molar-refractivity contribution in [2.75, 3.05) is 7.11 Å². The first-order valence-electron chi connectivity index (χ1n) is 7.86. The second kappa shape index (κ2) is 7.25. The topological polar surface area (TPSA) is 137 Å². The number of para-hydroxylation sites is 2. The highest BCUT2D eigenvalue weighted by Crippen LogP contribution is 2.32. The predicted octanol–water partition coefficient (Wildman–Crippen LogP) is 0.885. The van der Waals surface area contributed by atoms with Crippen LogP contribution in [0.25, 0.3) is 0 Å². The van der Waals surface area contributed by atoms with Crippen LogP contribution in [0.4, 0.5) is 4.79 Å². The summed E-state index contributed by atoms with van der Waals surface area (Å²) in [6.45, 7) is 0. The molecule has 0 bridgehead atoms. The van der Waals surface area contributed by atoms with E-state index in [-0.39, 0.29) is 16.9 Å². The number of imide groups is 1. The Morgan fingerprint density at radius 1 is 1.11 bits per heavy atom. The summed E-state index contributed by atoms with van der Waals surface area (Å²) in [7, 11) is -2.53. The van der Waals surface area contributed by atoms with E-state index in [0.717, 1.165) is 0 Å². The summed E-state index contributed by atoms with van der Waals surface area (Å²) in [5, 5.41) is 9.79. The first-order valence-corrected chi connectivity index (χ1v) is 9.40. The van der Waals surface area contributed by atoms with E-state index in [1.807, 2.05) is 0 Å². The molecule has 1 heterocycles. The molecule has 2 aromatic rings. The zero-order chi connectivity index (χ0) is 19.6. The summed E-state index contributed by atoms with van der Waals surface area (Å²) in [5.41, 5.74) is 0.243. The van der Waals surface area contributed by atoms with Gasteiger partial charge < -0.3 is 14.8 Å². The Labute approximate surface area is 155 Å². The average molecular weight is 391 g/mol. The molecule has 1 aliphatic heterocycles. The van der Waals surface area contributed by atoms with E-state index in [0.29, 0.717) is 17.2 Å². The largest absolute Gasteiger partial charge is 0.493 e. The zero-order valence-corrected chi connectivity index (χ0v) is 15.1. The zero-order valence-electron chi connectivity index (χ0n) is 14.3. The Balaban J connectivity index is 1.95. The van der Waals surface area contributed by atoms with E-state index in [2.05, 4.69) is 10.6 Å². The molecule has 142 valence electrons. The molecule has 2 aromatic carbocycles. The quantitative estimate of drug-likeness (QED) is 0.626. The average Bonchev–Trinajstić information content (AvgIpc) is 2.91. The Hall–Kier alpha value is -3.11. The van der Waals surface area contributed by atoms with Crippen LogP contribution < -0.4 is 25.2 Å². The van der Waals surface area contributed by atoms with Crippen LogP contribution in [0.15, 0.2) is 47.4 Å². The van der Waals surface area contributed by atoms with Gasteiger partial charge in [0, 0.05) is 6.42 Å². The van der Waals surface area contributed by atoms with Gasteiger partial charge in [0.05, 0.1) is 12.0 Å². The van der Waals surface area contributed by atoms with Crippen LogP contribution in [0.3, 0.4) is 0 Å². The minimum atomic E-state index is -4.03. The number of nitrogens with one attached hydrogen (secondary N) is 2. The monoisotopic (exact) mass is 391 g/mol. The van der Waals surface area contributed by atoms with Crippen molar-refractivity contribution in [2.45, 2.75) is 17.4 Å². The highest BCUT2D eigenvalue weighted by atomic mass is 32.2.